The quantitative estimate of drug-likeness (QED) is 0.771. The van der Waals surface area contributed by atoms with Gasteiger partial charge in [0.05, 0.1) is 18.7 Å². The van der Waals surface area contributed by atoms with Crippen LogP contribution in [0.1, 0.15) is 28.4 Å². The van der Waals surface area contributed by atoms with Gasteiger partial charge in [-0.3, -0.25) is 4.79 Å². The minimum atomic E-state index is -0.819. The molecule has 4 rings (SSSR count). The second kappa shape index (κ2) is 6.83. The third kappa shape index (κ3) is 3.16. The zero-order valence-corrected chi connectivity index (χ0v) is 15.0. The van der Waals surface area contributed by atoms with Crippen LogP contribution < -0.4 is 14.2 Å². The molecule has 1 saturated heterocycles. The second-order valence-corrected chi connectivity index (χ2v) is 6.44. The zero-order chi connectivity index (χ0) is 19.0. The molecule has 7 heteroatoms. The molecule has 0 unspecified atom stereocenters. The van der Waals surface area contributed by atoms with Crippen molar-refractivity contribution >= 4 is 11.9 Å². The fourth-order valence-electron chi connectivity index (χ4n) is 3.35. The number of esters is 1. The largest absolute Gasteiger partial charge is 0.497 e. The molecule has 0 spiro atoms. The highest BCUT2D eigenvalue weighted by Gasteiger charge is 2.40. The Labute approximate surface area is 156 Å². The lowest BCUT2D eigenvalue weighted by Gasteiger charge is -2.19. The van der Waals surface area contributed by atoms with Gasteiger partial charge in [-0.2, -0.15) is 0 Å². The van der Waals surface area contributed by atoms with E-state index in [-0.39, 0.29) is 18.7 Å². The van der Waals surface area contributed by atoms with Gasteiger partial charge in [0.2, 0.25) is 6.79 Å². The van der Waals surface area contributed by atoms with Crippen LogP contribution in [0.2, 0.25) is 0 Å². The smallest absolute Gasteiger partial charge is 0.339 e. The molecule has 27 heavy (non-hydrogen) atoms. The van der Waals surface area contributed by atoms with Crippen molar-refractivity contribution in [3.63, 3.8) is 0 Å². The van der Waals surface area contributed by atoms with Crippen LogP contribution in [0.5, 0.6) is 17.2 Å². The maximum atomic E-state index is 12.5. The average molecular weight is 369 g/mol. The minimum absolute atomic E-state index is 0.128. The van der Waals surface area contributed by atoms with E-state index in [9.17, 15) is 9.59 Å². The zero-order valence-electron chi connectivity index (χ0n) is 15.0. The standard InChI is InChI=1S/C20H19NO6/c1-21-15(12-3-6-14(24-2)7-4-12)10-18(19(21)22)27-20(23)13-5-8-16-17(9-13)26-11-25-16/h3-9,15,18H,10-11H2,1-2H3/t15-,18-/m0/s1. The summed E-state index contributed by atoms with van der Waals surface area (Å²) in [5.41, 5.74) is 1.29. The Balaban J connectivity index is 1.47. The summed E-state index contributed by atoms with van der Waals surface area (Å²) in [4.78, 5) is 26.6. The molecule has 0 bridgehead atoms. The van der Waals surface area contributed by atoms with Crippen LogP contribution in [0.4, 0.5) is 0 Å². The lowest BCUT2D eigenvalue weighted by atomic mass is 10.0. The number of likely N-dealkylation sites (tertiary alicyclic amines) is 1. The SMILES string of the molecule is COc1ccc([C@@H]2C[C@H](OC(=O)c3ccc4c(c3)OCO4)C(=O)N2C)cc1. The third-order valence-corrected chi connectivity index (χ3v) is 4.89. The van der Waals surface area contributed by atoms with Crippen molar-refractivity contribution in [2.24, 2.45) is 0 Å². The first-order valence-electron chi connectivity index (χ1n) is 8.58. The van der Waals surface area contributed by atoms with E-state index in [1.807, 2.05) is 24.3 Å². The average Bonchev–Trinajstić information content (AvgIpc) is 3.27. The summed E-state index contributed by atoms with van der Waals surface area (Å²) in [5, 5.41) is 0. The van der Waals surface area contributed by atoms with Crippen LogP contribution in [-0.2, 0) is 9.53 Å². The third-order valence-electron chi connectivity index (χ3n) is 4.89. The van der Waals surface area contributed by atoms with Gasteiger partial charge < -0.3 is 23.8 Å². The van der Waals surface area contributed by atoms with Crippen LogP contribution in [0.3, 0.4) is 0 Å². The predicted octanol–water partition coefficient (Wildman–Crippen LogP) is 2.55. The molecule has 0 N–H and O–H groups in total. The number of rotatable bonds is 4. The van der Waals surface area contributed by atoms with E-state index in [0.29, 0.717) is 23.5 Å². The van der Waals surface area contributed by atoms with E-state index in [1.165, 1.54) is 0 Å². The van der Waals surface area contributed by atoms with Crippen molar-refractivity contribution in [1.29, 1.82) is 0 Å². The molecule has 2 aliphatic rings. The number of nitrogens with zero attached hydrogens (tertiary/aromatic N) is 1. The summed E-state index contributed by atoms with van der Waals surface area (Å²) in [6.45, 7) is 0.128. The number of methoxy groups -OCH3 is 1. The highest BCUT2D eigenvalue weighted by molar-refractivity contribution is 5.93. The first kappa shape index (κ1) is 17.2. The van der Waals surface area contributed by atoms with Gasteiger partial charge >= 0.3 is 5.97 Å². The number of ether oxygens (including phenoxy) is 4. The predicted molar refractivity (Wildman–Crippen MR) is 94.9 cm³/mol. The van der Waals surface area contributed by atoms with Crippen LogP contribution in [-0.4, -0.2) is 43.8 Å². The molecule has 2 aromatic rings. The molecule has 140 valence electrons. The fraction of sp³-hybridized carbons (Fsp3) is 0.300. The maximum Gasteiger partial charge on any atom is 0.339 e. The molecule has 0 radical (unpaired) electrons. The molecule has 2 aromatic carbocycles. The number of likely N-dealkylation sites (N-methyl/N-ethyl adjacent to an activating group) is 1. The van der Waals surface area contributed by atoms with Gasteiger partial charge in [-0.05, 0) is 35.9 Å². The number of amides is 1. The van der Waals surface area contributed by atoms with Crippen molar-refractivity contribution in [3.05, 3.63) is 53.6 Å². The van der Waals surface area contributed by atoms with Crippen molar-refractivity contribution in [3.8, 4) is 17.2 Å². The van der Waals surface area contributed by atoms with E-state index < -0.39 is 12.1 Å². The summed E-state index contributed by atoms with van der Waals surface area (Å²) < 4.78 is 21.2. The first-order valence-corrected chi connectivity index (χ1v) is 8.58. The van der Waals surface area contributed by atoms with Crippen molar-refractivity contribution in [2.75, 3.05) is 21.0 Å². The highest BCUT2D eigenvalue weighted by Crippen LogP contribution is 2.35. The van der Waals surface area contributed by atoms with E-state index in [1.54, 1.807) is 37.3 Å². The molecule has 0 aromatic heterocycles. The monoisotopic (exact) mass is 369 g/mol. The Morgan fingerprint density at radius 2 is 1.85 bits per heavy atom. The summed E-state index contributed by atoms with van der Waals surface area (Å²) in [6, 6.07) is 12.2. The van der Waals surface area contributed by atoms with Gasteiger partial charge in [-0.25, -0.2) is 4.79 Å². The van der Waals surface area contributed by atoms with Crippen molar-refractivity contribution in [1.82, 2.24) is 4.90 Å². The topological polar surface area (TPSA) is 74.3 Å². The summed E-state index contributed by atoms with van der Waals surface area (Å²) in [5.74, 6) is 1.05. The molecular weight excluding hydrogens is 350 g/mol. The molecule has 2 aliphatic heterocycles. The van der Waals surface area contributed by atoms with Crippen LogP contribution in [0.15, 0.2) is 42.5 Å². The number of fused-ring (bicyclic) bond motifs is 1. The fourth-order valence-corrected chi connectivity index (χ4v) is 3.35. The summed E-state index contributed by atoms with van der Waals surface area (Å²) >= 11 is 0. The second-order valence-electron chi connectivity index (χ2n) is 6.44. The molecule has 2 atom stereocenters. The van der Waals surface area contributed by atoms with Gasteiger partial charge in [0.1, 0.15) is 5.75 Å². The number of hydrogen-bond donors (Lipinski definition) is 0. The van der Waals surface area contributed by atoms with Crippen LogP contribution in [0, 0.1) is 0 Å². The molecular formula is C20H19NO6. The number of carbonyl (C=O) groups is 2. The van der Waals surface area contributed by atoms with Crippen LogP contribution in [0.25, 0.3) is 0 Å². The number of carbonyl (C=O) groups excluding carboxylic acids is 2. The summed E-state index contributed by atoms with van der Waals surface area (Å²) in [7, 11) is 3.32. The maximum absolute atomic E-state index is 12.5. The van der Waals surface area contributed by atoms with Gasteiger partial charge in [0, 0.05) is 13.5 Å². The minimum Gasteiger partial charge on any atom is -0.497 e. The molecule has 1 fully saturated rings. The Kier molecular flexibility index (Phi) is 4.35. The highest BCUT2D eigenvalue weighted by atomic mass is 16.7. The summed E-state index contributed by atoms with van der Waals surface area (Å²) in [6.07, 6.45) is -0.419. The first-order chi connectivity index (χ1) is 13.1. The van der Waals surface area contributed by atoms with Gasteiger partial charge in [0.15, 0.2) is 17.6 Å². The number of benzene rings is 2. The Bertz CT molecular complexity index is 879. The molecule has 7 nitrogen and oxygen atoms in total. The van der Waals surface area contributed by atoms with E-state index in [0.717, 1.165) is 11.3 Å². The van der Waals surface area contributed by atoms with Crippen molar-refractivity contribution in [2.45, 2.75) is 18.6 Å². The van der Waals surface area contributed by atoms with Crippen molar-refractivity contribution < 1.29 is 28.5 Å². The van der Waals surface area contributed by atoms with E-state index >= 15 is 0 Å². The molecule has 0 aliphatic carbocycles. The van der Waals surface area contributed by atoms with Crippen LogP contribution >= 0.6 is 0 Å². The Morgan fingerprint density at radius 1 is 1.11 bits per heavy atom. The molecule has 1 amide bonds. The van der Waals surface area contributed by atoms with Gasteiger partial charge in [-0.1, -0.05) is 12.1 Å². The molecule has 2 heterocycles. The normalized spacial score (nSPS) is 20.7. The van der Waals surface area contributed by atoms with Gasteiger partial charge in [-0.15, -0.1) is 0 Å². The molecule has 0 saturated carbocycles. The van der Waals surface area contributed by atoms with E-state index in [2.05, 4.69) is 0 Å². The van der Waals surface area contributed by atoms with E-state index in [4.69, 9.17) is 18.9 Å². The lowest BCUT2D eigenvalue weighted by Crippen LogP contribution is -2.30. The van der Waals surface area contributed by atoms with Gasteiger partial charge in [0.25, 0.3) is 5.91 Å². The Hall–Kier alpha value is -3.22. The number of hydrogen-bond acceptors (Lipinski definition) is 6. The Morgan fingerprint density at radius 3 is 2.59 bits per heavy atom. The lowest BCUT2D eigenvalue weighted by molar-refractivity contribution is -0.134.